The lowest BCUT2D eigenvalue weighted by molar-refractivity contribution is -0.145. The molecule has 0 heterocycles. The highest BCUT2D eigenvalue weighted by Gasteiger charge is 2.23. The standard InChI is InChI=1S/C16H25ClN2O2/c1-4-19(5-2)12-11-18-15(16(20)21-6-3)13-9-7-8-10-14(13)17/h7-10,15,18H,4-6,11-12H2,1-3H3. The average Bonchev–Trinajstić information content (AvgIpc) is 2.49. The van der Waals surface area contributed by atoms with Gasteiger partial charge in [0.2, 0.25) is 0 Å². The summed E-state index contributed by atoms with van der Waals surface area (Å²) < 4.78 is 5.15. The zero-order valence-electron chi connectivity index (χ0n) is 13.1. The Morgan fingerprint density at radius 2 is 1.95 bits per heavy atom. The molecule has 4 nitrogen and oxygen atoms in total. The van der Waals surface area contributed by atoms with Crippen molar-refractivity contribution < 1.29 is 9.53 Å². The highest BCUT2D eigenvalue weighted by Crippen LogP contribution is 2.23. The fourth-order valence-electron chi connectivity index (χ4n) is 2.16. The van der Waals surface area contributed by atoms with E-state index in [9.17, 15) is 4.79 Å². The minimum absolute atomic E-state index is 0.287. The molecule has 0 fully saturated rings. The molecule has 0 radical (unpaired) electrons. The molecule has 0 saturated heterocycles. The largest absolute Gasteiger partial charge is 0.465 e. The van der Waals surface area contributed by atoms with Crippen LogP contribution in [0.4, 0.5) is 0 Å². The van der Waals surface area contributed by atoms with E-state index in [0.717, 1.165) is 25.2 Å². The number of benzene rings is 1. The lowest BCUT2D eigenvalue weighted by atomic mass is 10.1. The van der Waals surface area contributed by atoms with Gasteiger partial charge in [-0.1, -0.05) is 43.6 Å². The molecule has 0 aromatic heterocycles. The minimum atomic E-state index is -0.519. The Morgan fingerprint density at radius 3 is 2.52 bits per heavy atom. The van der Waals surface area contributed by atoms with E-state index in [1.165, 1.54) is 0 Å². The number of ether oxygens (including phenoxy) is 1. The molecule has 1 N–H and O–H groups in total. The number of carbonyl (C=O) groups is 1. The molecule has 1 aromatic carbocycles. The van der Waals surface area contributed by atoms with Gasteiger partial charge in [0.25, 0.3) is 0 Å². The molecule has 118 valence electrons. The molecule has 0 aliphatic rings. The van der Waals surface area contributed by atoms with Crippen LogP contribution in [0.5, 0.6) is 0 Å². The normalized spacial score (nSPS) is 12.4. The van der Waals surface area contributed by atoms with Crippen LogP contribution in [0.1, 0.15) is 32.4 Å². The monoisotopic (exact) mass is 312 g/mol. The second-order valence-electron chi connectivity index (χ2n) is 4.69. The summed E-state index contributed by atoms with van der Waals surface area (Å²) in [4.78, 5) is 14.4. The van der Waals surface area contributed by atoms with Gasteiger partial charge in [0, 0.05) is 18.1 Å². The predicted octanol–water partition coefficient (Wildman–Crippen LogP) is 2.88. The van der Waals surface area contributed by atoms with Crippen molar-refractivity contribution in [2.24, 2.45) is 0 Å². The summed E-state index contributed by atoms with van der Waals surface area (Å²) in [6.07, 6.45) is 0. The number of nitrogens with zero attached hydrogens (tertiary/aromatic N) is 1. The molecular weight excluding hydrogens is 288 g/mol. The first kappa shape index (κ1) is 18.0. The van der Waals surface area contributed by atoms with E-state index in [0.29, 0.717) is 18.2 Å². The maximum absolute atomic E-state index is 12.2. The zero-order valence-corrected chi connectivity index (χ0v) is 13.8. The second kappa shape index (κ2) is 9.77. The molecule has 1 atom stereocenters. The van der Waals surface area contributed by atoms with Crippen LogP contribution in [0, 0.1) is 0 Å². The summed E-state index contributed by atoms with van der Waals surface area (Å²) in [6, 6.07) is 6.85. The first-order valence-electron chi connectivity index (χ1n) is 7.50. The summed E-state index contributed by atoms with van der Waals surface area (Å²) in [5.74, 6) is -0.287. The van der Waals surface area contributed by atoms with Crippen molar-refractivity contribution >= 4 is 17.6 Å². The van der Waals surface area contributed by atoms with Crippen LogP contribution in [-0.4, -0.2) is 43.7 Å². The van der Waals surface area contributed by atoms with E-state index >= 15 is 0 Å². The summed E-state index contributed by atoms with van der Waals surface area (Å²) in [6.45, 7) is 9.99. The van der Waals surface area contributed by atoms with Crippen molar-refractivity contribution in [2.45, 2.75) is 26.8 Å². The first-order chi connectivity index (χ1) is 10.1. The Bertz CT molecular complexity index is 436. The van der Waals surface area contributed by atoms with Crippen LogP contribution in [-0.2, 0) is 9.53 Å². The summed E-state index contributed by atoms with van der Waals surface area (Å²) in [5.41, 5.74) is 0.761. The van der Waals surface area contributed by atoms with Gasteiger partial charge in [-0.15, -0.1) is 0 Å². The Morgan fingerprint density at radius 1 is 1.29 bits per heavy atom. The molecule has 5 heteroatoms. The number of carbonyl (C=O) groups excluding carboxylic acids is 1. The maximum atomic E-state index is 12.2. The third-order valence-electron chi connectivity index (χ3n) is 3.41. The molecule has 0 aliphatic carbocycles. The van der Waals surface area contributed by atoms with Gasteiger partial charge in [-0.05, 0) is 31.6 Å². The minimum Gasteiger partial charge on any atom is -0.465 e. The number of hydrogen-bond donors (Lipinski definition) is 1. The van der Waals surface area contributed by atoms with E-state index in [4.69, 9.17) is 16.3 Å². The van der Waals surface area contributed by atoms with Crippen molar-refractivity contribution in [1.29, 1.82) is 0 Å². The number of nitrogens with one attached hydrogen (secondary N) is 1. The van der Waals surface area contributed by atoms with Crippen molar-refractivity contribution in [1.82, 2.24) is 10.2 Å². The lowest BCUT2D eigenvalue weighted by Gasteiger charge is -2.22. The predicted molar refractivity (Wildman–Crippen MR) is 86.6 cm³/mol. The maximum Gasteiger partial charge on any atom is 0.327 e. The fraction of sp³-hybridized carbons (Fsp3) is 0.562. The topological polar surface area (TPSA) is 41.6 Å². The molecular formula is C16H25ClN2O2. The summed E-state index contributed by atoms with van der Waals surface area (Å²) >= 11 is 6.20. The lowest BCUT2D eigenvalue weighted by Crippen LogP contribution is -2.37. The van der Waals surface area contributed by atoms with E-state index in [-0.39, 0.29) is 5.97 Å². The highest BCUT2D eigenvalue weighted by molar-refractivity contribution is 6.31. The Labute approximate surface area is 132 Å². The van der Waals surface area contributed by atoms with Gasteiger partial charge in [-0.2, -0.15) is 0 Å². The number of hydrogen-bond acceptors (Lipinski definition) is 4. The van der Waals surface area contributed by atoms with Gasteiger partial charge in [-0.25, -0.2) is 4.79 Å². The molecule has 1 rings (SSSR count). The van der Waals surface area contributed by atoms with Crippen LogP contribution >= 0.6 is 11.6 Å². The molecule has 1 unspecified atom stereocenters. The van der Waals surface area contributed by atoms with E-state index in [2.05, 4.69) is 24.1 Å². The van der Waals surface area contributed by atoms with E-state index in [1.54, 1.807) is 13.0 Å². The molecule has 0 saturated carbocycles. The van der Waals surface area contributed by atoms with E-state index < -0.39 is 6.04 Å². The Hall–Kier alpha value is -1.10. The van der Waals surface area contributed by atoms with Crippen LogP contribution in [0.3, 0.4) is 0 Å². The summed E-state index contributed by atoms with van der Waals surface area (Å²) in [7, 11) is 0. The molecule has 0 bridgehead atoms. The van der Waals surface area contributed by atoms with Crippen LogP contribution in [0.25, 0.3) is 0 Å². The van der Waals surface area contributed by atoms with Crippen molar-refractivity contribution in [3.05, 3.63) is 34.9 Å². The number of esters is 1. The molecule has 21 heavy (non-hydrogen) atoms. The van der Waals surface area contributed by atoms with Crippen LogP contribution in [0.15, 0.2) is 24.3 Å². The van der Waals surface area contributed by atoms with Crippen LogP contribution in [0.2, 0.25) is 5.02 Å². The molecule has 1 aromatic rings. The fourth-order valence-corrected chi connectivity index (χ4v) is 2.41. The summed E-state index contributed by atoms with van der Waals surface area (Å²) in [5, 5.41) is 3.83. The third-order valence-corrected chi connectivity index (χ3v) is 3.75. The third kappa shape index (κ3) is 5.65. The van der Waals surface area contributed by atoms with Crippen LogP contribution < -0.4 is 5.32 Å². The number of likely N-dealkylation sites (N-methyl/N-ethyl adjacent to an activating group) is 1. The van der Waals surface area contributed by atoms with Gasteiger partial charge in [0.15, 0.2) is 0 Å². The van der Waals surface area contributed by atoms with E-state index in [1.807, 2.05) is 18.2 Å². The Kier molecular flexibility index (Phi) is 8.35. The molecule has 0 aliphatic heterocycles. The first-order valence-corrected chi connectivity index (χ1v) is 7.88. The van der Waals surface area contributed by atoms with Crippen molar-refractivity contribution in [2.75, 3.05) is 32.8 Å². The quantitative estimate of drug-likeness (QED) is 0.712. The smallest absolute Gasteiger partial charge is 0.327 e. The highest BCUT2D eigenvalue weighted by atomic mass is 35.5. The van der Waals surface area contributed by atoms with Gasteiger partial charge < -0.3 is 9.64 Å². The molecule has 0 amide bonds. The number of rotatable bonds is 9. The molecule has 0 spiro atoms. The second-order valence-corrected chi connectivity index (χ2v) is 5.09. The van der Waals surface area contributed by atoms with Gasteiger partial charge in [0.05, 0.1) is 6.61 Å². The van der Waals surface area contributed by atoms with Gasteiger partial charge in [0.1, 0.15) is 6.04 Å². The van der Waals surface area contributed by atoms with Crippen molar-refractivity contribution in [3.63, 3.8) is 0 Å². The average molecular weight is 313 g/mol. The Balaban J connectivity index is 2.74. The van der Waals surface area contributed by atoms with Crippen molar-refractivity contribution in [3.8, 4) is 0 Å². The van der Waals surface area contributed by atoms with Gasteiger partial charge >= 0.3 is 5.97 Å². The van der Waals surface area contributed by atoms with Gasteiger partial charge in [-0.3, -0.25) is 5.32 Å². The zero-order chi connectivity index (χ0) is 15.7. The SMILES string of the molecule is CCOC(=O)C(NCCN(CC)CC)c1ccccc1Cl. The number of halogens is 1.